The zero-order valence-corrected chi connectivity index (χ0v) is 14.5. The SMILES string of the molecule is COc1cccc([C@@H](C[N+](=O)[O-])[C@@H](C)C(=O)C(=O)Nc2ccccc2)c1. The molecule has 0 fully saturated rings. The molecule has 2 aromatic rings. The number of carbonyl (C=O) groups excluding carboxylic acids is 2. The molecule has 26 heavy (non-hydrogen) atoms. The van der Waals surface area contributed by atoms with Crippen LogP contribution in [0.15, 0.2) is 54.6 Å². The topological polar surface area (TPSA) is 98.5 Å². The first kappa shape index (κ1) is 19.1. The van der Waals surface area contributed by atoms with E-state index in [4.69, 9.17) is 4.74 Å². The maximum Gasteiger partial charge on any atom is 0.292 e. The van der Waals surface area contributed by atoms with E-state index in [2.05, 4.69) is 5.32 Å². The number of hydrogen-bond acceptors (Lipinski definition) is 5. The van der Waals surface area contributed by atoms with E-state index in [0.717, 1.165) is 0 Å². The van der Waals surface area contributed by atoms with E-state index in [-0.39, 0.29) is 0 Å². The van der Waals surface area contributed by atoms with Crippen LogP contribution < -0.4 is 10.1 Å². The van der Waals surface area contributed by atoms with Crippen molar-refractivity contribution in [1.29, 1.82) is 0 Å². The Kier molecular flexibility index (Phi) is 6.43. The Labute approximate surface area is 151 Å². The quantitative estimate of drug-likeness (QED) is 0.445. The van der Waals surface area contributed by atoms with Gasteiger partial charge >= 0.3 is 0 Å². The summed E-state index contributed by atoms with van der Waals surface area (Å²) in [5, 5.41) is 13.6. The highest BCUT2D eigenvalue weighted by Gasteiger charge is 2.33. The van der Waals surface area contributed by atoms with Gasteiger partial charge < -0.3 is 10.1 Å². The fraction of sp³-hybridized carbons (Fsp3) is 0.263. The van der Waals surface area contributed by atoms with Crippen LogP contribution in [0.3, 0.4) is 0 Å². The smallest absolute Gasteiger partial charge is 0.292 e. The number of anilines is 1. The van der Waals surface area contributed by atoms with Gasteiger partial charge in [-0.1, -0.05) is 37.3 Å². The molecule has 0 aliphatic rings. The Morgan fingerprint density at radius 2 is 1.85 bits per heavy atom. The van der Waals surface area contributed by atoms with E-state index in [9.17, 15) is 19.7 Å². The van der Waals surface area contributed by atoms with E-state index < -0.39 is 35.0 Å². The molecule has 1 N–H and O–H groups in total. The lowest BCUT2D eigenvalue weighted by Crippen LogP contribution is -2.33. The first-order chi connectivity index (χ1) is 12.4. The van der Waals surface area contributed by atoms with Crippen LogP contribution in [0.1, 0.15) is 18.4 Å². The summed E-state index contributed by atoms with van der Waals surface area (Å²) in [4.78, 5) is 35.4. The molecule has 0 saturated carbocycles. The second-order valence-corrected chi connectivity index (χ2v) is 5.87. The third-order valence-electron chi connectivity index (χ3n) is 4.14. The highest BCUT2D eigenvalue weighted by Crippen LogP contribution is 2.28. The minimum atomic E-state index is -0.865. The highest BCUT2D eigenvalue weighted by molar-refractivity contribution is 6.41. The zero-order valence-electron chi connectivity index (χ0n) is 14.5. The number of carbonyl (C=O) groups is 2. The summed E-state index contributed by atoms with van der Waals surface area (Å²) in [6.07, 6.45) is 0. The number of rotatable bonds is 8. The van der Waals surface area contributed by atoms with E-state index in [1.165, 1.54) is 14.0 Å². The van der Waals surface area contributed by atoms with Crippen LogP contribution in [0.5, 0.6) is 5.75 Å². The molecule has 0 radical (unpaired) electrons. The van der Waals surface area contributed by atoms with E-state index >= 15 is 0 Å². The van der Waals surface area contributed by atoms with Crippen LogP contribution in [-0.2, 0) is 9.59 Å². The number of Topliss-reactive ketones (excluding diaryl/α,β-unsaturated/α-hetero) is 1. The number of methoxy groups -OCH3 is 1. The summed E-state index contributed by atoms with van der Waals surface area (Å²) in [6, 6.07) is 15.3. The molecule has 0 bridgehead atoms. The van der Waals surface area contributed by atoms with Crippen molar-refractivity contribution in [2.45, 2.75) is 12.8 Å². The summed E-state index contributed by atoms with van der Waals surface area (Å²) in [7, 11) is 1.49. The van der Waals surface area contributed by atoms with Gasteiger partial charge in [-0.05, 0) is 29.8 Å². The first-order valence-electron chi connectivity index (χ1n) is 8.08. The Balaban J connectivity index is 2.21. The lowest BCUT2D eigenvalue weighted by atomic mass is 9.84. The number of benzene rings is 2. The van der Waals surface area contributed by atoms with E-state index in [1.807, 2.05) is 0 Å². The first-order valence-corrected chi connectivity index (χ1v) is 8.08. The standard InChI is InChI=1S/C19H20N2O5/c1-13(18(22)19(23)20-15-8-4-3-5-9-15)17(12-21(24)25)14-7-6-10-16(11-14)26-2/h3-11,13,17H,12H2,1-2H3,(H,20,23)/t13-,17+/m1/s1. The average Bonchev–Trinajstić information content (AvgIpc) is 2.65. The lowest BCUT2D eigenvalue weighted by Gasteiger charge is -2.20. The highest BCUT2D eigenvalue weighted by atomic mass is 16.6. The summed E-state index contributed by atoms with van der Waals surface area (Å²) in [5.74, 6) is -2.57. The number of hydrogen-bond donors (Lipinski definition) is 1. The summed E-state index contributed by atoms with van der Waals surface area (Å²) < 4.78 is 5.14. The van der Waals surface area contributed by atoms with E-state index in [0.29, 0.717) is 17.0 Å². The van der Waals surface area contributed by atoms with Gasteiger partial charge in [-0.25, -0.2) is 0 Å². The minimum Gasteiger partial charge on any atom is -0.497 e. The molecule has 2 rings (SSSR count). The van der Waals surface area contributed by atoms with Gasteiger partial charge in [0.25, 0.3) is 5.91 Å². The van der Waals surface area contributed by atoms with Crippen molar-refractivity contribution >= 4 is 17.4 Å². The van der Waals surface area contributed by atoms with Crippen LogP contribution >= 0.6 is 0 Å². The molecule has 7 heteroatoms. The van der Waals surface area contributed by atoms with Crippen LogP contribution in [0.25, 0.3) is 0 Å². The van der Waals surface area contributed by atoms with Gasteiger partial charge in [-0.2, -0.15) is 0 Å². The molecule has 0 unspecified atom stereocenters. The number of nitrogens with zero attached hydrogens (tertiary/aromatic N) is 1. The van der Waals surface area contributed by atoms with Crippen LogP contribution in [-0.4, -0.2) is 30.3 Å². The summed E-state index contributed by atoms with van der Waals surface area (Å²) in [5.41, 5.74) is 1.07. The molecular formula is C19H20N2O5. The lowest BCUT2D eigenvalue weighted by molar-refractivity contribution is -0.484. The van der Waals surface area contributed by atoms with Crippen molar-refractivity contribution in [3.8, 4) is 5.75 Å². The molecule has 1 amide bonds. The van der Waals surface area contributed by atoms with Gasteiger partial charge in [0, 0.05) is 16.5 Å². The molecule has 0 aliphatic carbocycles. The predicted octanol–water partition coefficient (Wildman–Crippen LogP) is 2.90. The maximum atomic E-state index is 12.5. The van der Waals surface area contributed by atoms with Crippen LogP contribution in [0.2, 0.25) is 0 Å². The number of amides is 1. The summed E-state index contributed by atoms with van der Waals surface area (Å²) in [6.45, 7) is 1.07. The van der Waals surface area contributed by atoms with Crippen molar-refractivity contribution < 1.29 is 19.2 Å². The Bertz CT molecular complexity index is 792. The van der Waals surface area contributed by atoms with Gasteiger partial charge in [-0.3, -0.25) is 19.7 Å². The molecule has 7 nitrogen and oxygen atoms in total. The molecule has 0 saturated heterocycles. The summed E-state index contributed by atoms with van der Waals surface area (Å²) >= 11 is 0. The van der Waals surface area contributed by atoms with Gasteiger partial charge in [-0.15, -0.1) is 0 Å². The van der Waals surface area contributed by atoms with Gasteiger partial charge in [0.1, 0.15) is 5.75 Å². The van der Waals surface area contributed by atoms with Gasteiger partial charge in [0.2, 0.25) is 12.3 Å². The maximum absolute atomic E-state index is 12.5. The normalized spacial score (nSPS) is 12.7. The fourth-order valence-electron chi connectivity index (χ4n) is 2.69. The molecule has 0 heterocycles. The number of ether oxygens (including phenoxy) is 1. The Morgan fingerprint density at radius 3 is 2.46 bits per heavy atom. The molecule has 0 aromatic heterocycles. The van der Waals surface area contributed by atoms with Crippen molar-refractivity contribution in [3.05, 3.63) is 70.3 Å². The van der Waals surface area contributed by atoms with Crippen LogP contribution in [0, 0.1) is 16.0 Å². The Morgan fingerprint density at radius 1 is 1.15 bits per heavy atom. The number of nitrogens with one attached hydrogen (secondary N) is 1. The monoisotopic (exact) mass is 356 g/mol. The minimum absolute atomic E-state index is 0.460. The molecular weight excluding hydrogens is 336 g/mol. The van der Waals surface area contributed by atoms with Gasteiger partial charge in [0.05, 0.1) is 13.0 Å². The van der Waals surface area contributed by atoms with Crippen molar-refractivity contribution in [3.63, 3.8) is 0 Å². The fourth-order valence-corrected chi connectivity index (χ4v) is 2.69. The molecule has 0 aliphatic heterocycles. The Hall–Kier alpha value is -3.22. The predicted molar refractivity (Wildman–Crippen MR) is 96.8 cm³/mol. The van der Waals surface area contributed by atoms with Crippen molar-refractivity contribution in [2.75, 3.05) is 19.0 Å². The second kappa shape index (κ2) is 8.75. The largest absolute Gasteiger partial charge is 0.497 e. The number of para-hydroxylation sites is 1. The molecule has 136 valence electrons. The number of ketones is 1. The molecule has 2 aromatic carbocycles. The third-order valence-corrected chi connectivity index (χ3v) is 4.14. The van der Waals surface area contributed by atoms with Crippen molar-refractivity contribution in [1.82, 2.24) is 0 Å². The molecule has 2 atom stereocenters. The van der Waals surface area contributed by atoms with E-state index in [1.54, 1.807) is 54.6 Å². The zero-order chi connectivity index (χ0) is 19.1. The average molecular weight is 356 g/mol. The molecule has 0 spiro atoms. The number of nitro groups is 1. The van der Waals surface area contributed by atoms with Crippen LogP contribution in [0.4, 0.5) is 5.69 Å². The second-order valence-electron chi connectivity index (χ2n) is 5.87. The van der Waals surface area contributed by atoms with Crippen molar-refractivity contribution in [2.24, 2.45) is 5.92 Å². The van der Waals surface area contributed by atoms with Gasteiger partial charge in [0.15, 0.2) is 0 Å². The third kappa shape index (κ3) is 4.89.